The second kappa shape index (κ2) is 5.40. The molecule has 0 radical (unpaired) electrons. The number of benzene rings is 1. The predicted octanol–water partition coefficient (Wildman–Crippen LogP) is 1.82. The van der Waals surface area contributed by atoms with Gasteiger partial charge in [0.1, 0.15) is 0 Å². The molecule has 1 unspecified atom stereocenters. The molecule has 7 heteroatoms. The normalized spacial score (nSPS) is 12.7. The molecular weight excluding hydrogens is 397 g/mol. The molecule has 1 aromatic heterocycles. The molecule has 17 heavy (non-hydrogen) atoms. The zero-order valence-electron chi connectivity index (χ0n) is 9.14. The molecule has 0 aliphatic carbocycles. The average Bonchev–Trinajstić information content (AvgIpc) is 2.67. The van der Waals surface area contributed by atoms with E-state index in [1.54, 1.807) is 7.05 Å². The van der Waals surface area contributed by atoms with E-state index in [1.165, 1.54) is 4.80 Å². The summed E-state index contributed by atoms with van der Waals surface area (Å²) in [6, 6.07) is 5.96. The van der Waals surface area contributed by atoms with E-state index in [2.05, 4.69) is 60.0 Å². The number of halogens is 2. The van der Waals surface area contributed by atoms with Gasteiger partial charge in [-0.15, -0.1) is 10.2 Å². The number of aryl methyl sites for hydroxylation is 1. The third-order valence-corrected chi connectivity index (χ3v) is 3.70. The number of aromatic nitrogens is 4. The van der Waals surface area contributed by atoms with Gasteiger partial charge in [0.2, 0.25) is 0 Å². The zero-order chi connectivity index (χ0) is 12.4. The molecule has 0 bridgehead atoms. The summed E-state index contributed by atoms with van der Waals surface area (Å²) in [7, 11) is 1.74. The number of nitrogens with zero attached hydrogens (tertiary/aromatic N) is 4. The summed E-state index contributed by atoms with van der Waals surface area (Å²) < 4.78 is 2.16. The summed E-state index contributed by atoms with van der Waals surface area (Å²) in [4.78, 5) is 1.44. The van der Waals surface area contributed by atoms with Crippen LogP contribution < -0.4 is 5.73 Å². The third-order valence-electron chi connectivity index (χ3n) is 2.31. The Hall–Kier alpha value is -0.540. The highest BCUT2D eigenvalue weighted by molar-refractivity contribution is 14.1. The Kier molecular flexibility index (Phi) is 4.10. The SMILES string of the molecule is Cn1nnc(CC(N)c2cc(I)ccc2Br)n1. The van der Waals surface area contributed by atoms with Crippen molar-refractivity contribution in [3.05, 3.63) is 37.6 Å². The highest BCUT2D eigenvalue weighted by Crippen LogP contribution is 2.25. The lowest BCUT2D eigenvalue weighted by Crippen LogP contribution is -2.15. The summed E-state index contributed by atoms with van der Waals surface area (Å²) in [6.45, 7) is 0. The fourth-order valence-electron chi connectivity index (χ4n) is 1.51. The number of nitrogens with two attached hydrogens (primary N) is 1. The molecular formula is C10H11BrIN5. The van der Waals surface area contributed by atoms with E-state index in [0.717, 1.165) is 13.6 Å². The maximum absolute atomic E-state index is 6.16. The molecule has 2 rings (SSSR count). The molecule has 0 saturated carbocycles. The van der Waals surface area contributed by atoms with Gasteiger partial charge in [0.25, 0.3) is 0 Å². The van der Waals surface area contributed by atoms with Crippen molar-refractivity contribution in [2.24, 2.45) is 12.8 Å². The lowest BCUT2D eigenvalue weighted by Gasteiger charge is -2.12. The summed E-state index contributed by atoms with van der Waals surface area (Å²) in [6.07, 6.45) is 0.576. The van der Waals surface area contributed by atoms with Crippen LogP contribution in [0.25, 0.3) is 0 Å². The van der Waals surface area contributed by atoms with Crippen molar-refractivity contribution < 1.29 is 0 Å². The van der Waals surface area contributed by atoms with Gasteiger partial charge < -0.3 is 5.73 Å². The van der Waals surface area contributed by atoms with Crippen LogP contribution in [-0.4, -0.2) is 20.2 Å². The summed E-state index contributed by atoms with van der Waals surface area (Å²) in [5.41, 5.74) is 7.22. The van der Waals surface area contributed by atoms with Crippen LogP contribution in [0.5, 0.6) is 0 Å². The van der Waals surface area contributed by atoms with Crippen LogP contribution in [0.1, 0.15) is 17.4 Å². The van der Waals surface area contributed by atoms with E-state index in [9.17, 15) is 0 Å². The van der Waals surface area contributed by atoms with Crippen LogP contribution in [-0.2, 0) is 13.5 Å². The number of hydrogen-bond donors (Lipinski definition) is 1. The predicted molar refractivity (Wildman–Crippen MR) is 76.3 cm³/mol. The molecule has 5 nitrogen and oxygen atoms in total. The molecule has 1 heterocycles. The lowest BCUT2D eigenvalue weighted by atomic mass is 10.0. The van der Waals surface area contributed by atoms with Gasteiger partial charge in [-0.2, -0.15) is 4.80 Å². The lowest BCUT2D eigenvalue weighted by molar-refractivity contribution is 0.622. The smallest absolute Gasteiger partial charge is 0.176 e. The fourth-order valence-corrected chi connectivity index (χ4v) is 2.57. The van der Waals surface area contributed by atoms with Gasteiger partial charge in [-0.1, -0.05) is 15.9 Å². The minimum Gasteiger partial charge on any atom is -0.324 e. The van der Waals surface area contributed by atoms with Crippen molar-refractivity contribution in [2.45, 2.75) is 12.5 Å². The number of hydrogen-bond acceptors (Lipinski definition) is 4. The number of rotatable bonds is 3. The van der Waals surface area contributed by atoms with Crippen LogP contribution in [0.2, 0.25) is 0 Å². The second-order valence-electron chi connectivity index (χ2n) is 3.67. The minimum absolute atomic E-state index is 0.136. The van der Waals surface area contributed by atoms with Crippen LogP contribution in [0.4, 0.5) is 0 Å². The van der Waals surface area contributed by atoms with Crippen molar-refractivity contribution in [1.29, 1.82) is 0 Å². The van der Waals surface area contributed by atoms with E-state index < -0.39 is 0 Å². The van der Waals surface area contributed by atoms with E-state index in [4.69, 9.17) is 5.73 Å². The first-order valence-electron chi connectivity index (χ1n) is 4.99. The first-order chi connectivity index (χ1) is 8.06. The molecule has 1 aromatic carbocycles. The van der Waals surface area contributed by atoms with Crippen LogP contribution in [0, 0.1) is 3.57 Å². The molecule has 0 saturated heterocycles. The molecule has 90 valence electrons. The Morgan fingerprint density at radius 2 is 2.29 bits per heavy atom. The van der Waals surface area contributed by atoms with Crippen molar-refractivity contribution >= 4 is 38.5 Å². The van der Waals surface area contributed by atoms with Gasteiger partial charge in [-0.05, 0) is 51.6 Å². The second-order valence-corrected chi connectivity index (χ2v) is 5.77. The van der Waals surface area contributed by atoms with E-state index in [0.29, 0.717) is 12.2 Å². The highest BCUT2D eigenvalue weighted by atomic mass is 127. The quantitative estimate of drug-likeness (QED) is 0.788. The maximum Gasteiger partial charge on any atom is 0.176 e. The summed E-state index contributed by atoms with van der Waals surface area (Å²) >= 11 is 5.77. The van der Waals surface area contributed by atoms with E-state index in [1.807, 2.05) is 12.1 Å². The molecule has 0 spiro atoms. The van der Waals surface area contributed by atoms with Crippen molar-refractivity contribution in [3.63, 3.8) is 0 Å². The van der Waals surface area contributed by atoms with Gasteiger partial charge in [0, 0.05) is 20.5 Å². The van der Waals surface area contributed by atoms with Crippen LogP contribution in [0.3, 0.4) is 0 Å². The first-order valence-corrected chi connectivity index (χ1v) is 6.87. The van der Waals surface area contributed by atoms with Gasteiger partial charge in [0.15, 0.2) is 5.82 Å². The molecule has 0 fully saturated rings. The van der Waals surface area contributed by atoms with Gasteiger partial charge in [0.05, 0.1) is 7.05 Å². The van der Waals surface area contributed by atoms with Crippen LogP contribution in [0.15, 0.2) is 22.7 Å². The molecule has 2 N–H and O–H groups in total. The minimum atomic E-state index is -0.136. The van der Waals surface area contributed by atoms with Gasteiger partial charge in [-0.25, -0.2) is 0 Å². The first kappa shape index (κ1) is 12.9. The largest absolute Gasteiger partial charge is 0.324 e. The molecule has 2 aromatic rings. The Labute approximate surface area is 121 Å². The zero-order valence-corrected chi connectivity index (χ0v) is 12.9. The molecule has 0 aliphatic heterocycles. The van der Waals surface area contributed by atoms with Crippen LogP contribution >= 0.6 is 38.5 Å². The Morgan fingerprint density at radius 3 is 2.94 bits per heavy atom. The van der Waals surface area contributed by atoms with Crippen molar-refractivity contribution in [1.82, 2.24) is 20.2 Å². The number of tetrazole rings is 1. The monoisotopic (exact) mass is 407 g/mol. The third kappa shape index (κ3) is 3.23. The highest BCUT2D eigenvalue weighted by Gasteiger charge is 2.13. The fraction of sp³-hybridized carbons (Fsp3) is 0.300. The Morgan fingerprint density at radius 1 is 1.53 bits per heavy atom. The van der Waals surface area contributed by atoms with E-state index in [-0.39, 0.29) is 6.04 Å². The summed E-state index contributed by atoms with van der Waals surface area (Å²) in [5.74, 6) is 0.658. The van der Waals surface area contributed by atoms with E-state index >= 15 is 0 Å². The average molecular weight is 408 g/mol. The van der Waals surface area contributed by atoms with Crippen molar-refractivity contribution in [3.8, 4) is 0 Å². The molecule has 1 atom stereocenters. The molecule has 0 aliphatic rings. The van der Waals surface area contributed by atoms with Crippen molar-refractivity contribution in [2.75, 3.05) is 0 Å². The molecule has 0 amide bonds. The summed E-state index contributed by atoms with van der Waals surface area (Å²) in [5, 5.41) is 11.9. The topological polar surface area (TPSA) is 69.6 Å². The Bertz CT molecular complexity index is 527. The van der Waals surface area contributed by atoms with Gasteiger partial charge in [-0.3, -0.25) is 0 Å². The Balaban J connectivity index is 2.19. The standard InChI is InChI=1S/C10H11BrIN5/c1-17-15-10(14-16-17)5-9(13)7-4-6(12)2-3-8(7)11/h2-4,9H,5,13H2,1H3. The maximum atomic E-state index is 6.16. The van der Waals surface area contributed by atoms with Gasteiger partial charge >= 0.3 is 0 Å².